The number of benzene rings is 7. The van der Waals surface area contributed by atoms with Gasteiger partial charge >= 0.3 is 0 Å². The van der Waals surface area contributed by atoms with Crippen LogP contribution in [0.25, 0.3) is 112 Å². The molecule has 0 bridgehead atoms. The fraction of sp³-hybridized carbons (Fsp3) is 0. The highest BCUT2D eigenvalue weighted by Gasteiger charge is 2.20. The van der Waals surface area contributed by atoms with Crippen molar-refractivity contribution >= 4 is 44.0 Å². The molecule has 4 aromatic heterocycles. The molecule has 0 radical (unpaired) electrons. The van der Waals surface area contributed by atoms with E-state index in [1.54, 1.807) is 0 Å². The molecule has 0 spiro atoms. The Morgan fingerprint density at radius 3 is 1.57 bits per heavy atom. The van der Waals surface area contributed by atoms with E-state index in [0.29, 0.717) is 28.9 Å². The monoisotopic (exact) mass is 719 g/mol. The first-order valence-electron chi connectivity index (χ1n) is 18.4. The van der Waals surface area contributed by atoms with Crippen molar-refractivity contribution in [3.8, 4) is 67.9 Å². The Morgan fingerprint density at radius 2 is 0.839 bits per heavy atom. The minimum atomic E-state index is 0.568. The van der Waals surface area contributed by atoms with E-state index in [1.165, 1.54) is 0 Å². The number of fused-ring (bicyclic) bond motifs is 6. The van der Waals surface area contributed by atoms with Crippen LogP contribution < -0.4 is 0 Å². The van der Waals surface area contributed by atoms with Crippen LogP contribution in [0.2, 0.25) is 0 Å². The first kappa shape index (κ1) is 31.7. The smallest absolute Gasteiger partial charge is 0.180 e. The summed E-state index contributed by atoms with van der Waals surface area (Å²) in [6.45, 7) is 0. The molecule has 7 nitrogen and oxygen atoms in total. The third-order valence-electron chi connectivity index (χ3n) is 10.1. The molecule has 0 saturated heterocycles. The fourth-order valence-electron chi connectivity index (χ4n) is 7.39. The summed E-state index contributed by atoms with van der Waals surface area (Å²) in [5.41, 5.74) is 11.2. The van der Waals surface area contributed by atoms with Crippen LogP contribution in [0.15, 0.2) is 185 Å². The average Bonchev–Trinajstić information content (AvgIpc) is 3.84. The van der Waals surface area contributed by atoms with Crippen molar-refractivity contribution in [2.75, 3.05) is 0 Å². The van der Waals surface area contributed by atoms with Crippen molar-refractivity contribution in [3.63, 3.8) is 0 Å². The summed E-state index contributed by atoms with van der Waals surface area (Å²) in [5, 5.41) is 2.87. The SMILES string of the molecule is c1ccc(-c2cccc(-c3nc(-c4ccc5oc6cc(-c7nc(-c8ccccc8)nc(-c8ccccc8)n7)ccc6c5c4)nc4c3oc3ccccc34)c2)cc1. The highest BCUT2D eigenvalue weighted by atomic mass is 16.3. The minimum Gasteiger partial charge on any atom is -0.456 e. The topological polar surface area (TPSA) is 90.7 Å². The summed E-state index contributed by atoms with van der Waals surface area (Å²) in [7, 11) is 0. The van der Waals surface area contributed by atoms with Crippen molar-refractivity contribution < 1.29 is 8.83 Å². The molecule has 7 heteroatoms. The average molecular weight is 720 g/mol. The number of para-hydroxylation sites is 1. The van der Waals surface area contributed by atoms with Gasteiger partial charge in [-0.15, -0.1) is 0 Å². The van der Waals surface area contributed by atoms with Gasteiger partial charge in [-0.05, 0) is 59.7 Å². The standard InChI is InChI=1S/C49H29N5O2/c1-4-13-30(14-5-1)33-19-12-20-34(27-33)43-45-44(38-21-10-11-22-40(38)56-45)51-48(50-43)35-24-26-41-39(28-35)37-25-23-36(29-42(37)55-41)49-53-46(31-15-6-2-7-16-31)52-47(54-49)32-17-8-3-9-18-32/h1-29H. The fourth-order valence-corrected chi connectivity index (χ4v) is 7.39. The summed E-state index contributed by atoms with van der Waals surface area (Å²) in [6.07, 6.45) is 0. The van der Waals surface area contributed by atoms with Gasteiger partial charge in [0, 0.05) is 44.0 Å². The van der Waals surface area contributed by atoms with E-state index in [9.17, 15) is 0 Å². The summed E-state index contributed by atoms with van der Waals surface area (Å²) >= 11 is 0. The number of nitrogens with zero attached hydrogens (tertiary/aromatic N) is 5. The van der Waals surface area contributed by atoms with Crippen LogP contribution in [0.1, 0.15) is 0 Å². The van der Waals surface area contributed by atoms with Crippen LogP contribution in [0.4, 0.5) is 0 Å². The van der Waals surface area contributed by atoms with Crippen molar-refractivity contribution in [3.05, 3.63) is 176 Å². The maximum absolute atomic E-state index is 6.47. The highest BCUT2D eigenvalue weighted by Crippen LogP contribution is 2.39. The van der Waals surface area contributed by atoms with Gasteiger partial charge in [-0.3, -0.25) is 0 Å². The van der Waals surface area contributed by atoms with Gasteiger partial charge in [0.1, 0.15) is 28.0 Å². The second-order valence-corrected chi connectivity index (χ2v) is 13.7. The molecule has 7 aromatic carbocycles. The van der Waals surface area contributed by atoms with Crippen molar-refractivity contribution in [1.29, 1.82) is 0 Å². The number of furan rings is 2. The summed E-state index contributed by atoms with van der Waals surface area (Å²) in [6, 6.07) is 59.0. The Bertz CT molecular complexity index is 3190. The zero-order valence-electron chi connectivity index (χ0n) is 29.8. The molecule has 4 heterocycles. The van der Waals surface area contributed by atoms with E-state index in [-0.39, 0.29) is 0 Å². The second-order valence-electron chi connectivity index (χ2n) is 13.7. The van der Waals surface area contributed by atoms with Gasteiger partial charge in [-0.25, -0.2) is 24.9 Å². The predicted molar refractivity (Wildman–Crippen MR) is 223 cm³/mol. The Labute approximate surface area is 320 Å². The van der Waals surface area contributed by atoms with E-state index in [0.717, 1.165) is 83.1 Å². The summed E-state index contributed by atoms with van der Waals surface area (Å²) in [4.78, 5) is 25.0. The maximum atomic E-state index is 6.47. The second kappa shape index (κ2) is 13.0. The van der Waals surface area contributed by atoms with Crippen molar-refractivity contribution in [1.82, 2.24) is 24.9 Å². The Hall–Kier alpha value is -7.77. The van der Waals surface area contributed by atoms with E-state index in [2.05, 4.69) is 60.7 Å². The van der Waals surface area contributed by atoms with Gasteiger partial charge in [0.2, 0.25) is 0 Å². The third kappa shape index (κ3) is 5.49. The third-order valence-corrected chi connectivity index (χ3v) is 10.1. The van der Waals surface area contributed by atoms with Gasteiger partial charge < -0.3 is 8.83 Å². The van der Waals surface area contributed by atoms with Crippen LogP contribution in [0, 0.1) is 0 Å². The number of hydrogen-bond acceptors (Lipinski definition) is 7. The molecule has 0 N–H and O–H groups in total. The van der Waals surface area contributed by atoms with E-state index in [1.807, 2.05) is 115 Å². The Morgan fingerprint density at radius 1 is 0.286 bits per heavy atom. The van der Waals surface area contributed by atoms with Crippen LogP contribution >= 0.6 is 0 Å². The Kier molecular flexibility index (Phi) is 7.35. The molecule has 262 valence electrons. The molecule has 56 heavy (non-hydrogen) atoms. The number of rotatable bonds is 6. The zero-order valence-corrected chi connectivity index (χ0v) is 29.8. The van der Waals surface area contributed by atoms with E-state index >= 15 is 0 Å². The molecule has 0 unspecified atom stereocenters. The molecule has 0 saturated carbocycles. The van der Waals surface area contributed by atoms with Crippen LogP contribution in [-0.2, 0) is 0 Å². The minimum absolute atomic E-state index is 0.568. The first-order valence-corrected chi connectivity index (χ1v) is 18.4. The lowest BCUT2D eigenvalue weighted by Gasteiger charge is -2.09. The number of aromatic nitrogens is 5. The Balaban J connectivity index is 1.04. The van der Waals surface area contributed by atoms with Crippen LogP contribution in [0.5, 0.6) is 0 Å². The van der Waals surface area contributed by atoms with E-state index < -0.39 is 0 Å². The molecule has 0 aliphatic rings. The van der Waals surface area contributed by atoms with Gasteiger partial charge in [0.05, 0.1) is 0 Å². The lowest BCUT2D eigenvalue weighted by Crippen LogP contribution is -2.00. The lowest BCUT2D eigenvalue weighted by molar-refractivity contribution is 0.667. The zero-order chi connectivity index (χ0) is 37.0. The van der Waals surface area contributed by atoms with Gasteiger partial charge in [-0.1, -0.05) is 127 Å². The van der Waals surface area contributed by atoms with Gasteiger partial charge in [0.25, 0.3) is 0 Å². The summed E-state index contributed by atoms with van der Waals surface area (Å²) in [5.74, 6) is 2.39. The normalized spacial score (nSPS) is 11.6. The molecule has 0 aliphatic carbocycles. The lowest BCUT2D eigenvalue weighted by atomic mass is 10.0. The highest BCUT2D eigenvalue weighted by molar-refractivity contribution is 6.09. The predicted octanol–water partition coefficient (Wildman–Crippen LogP) is 12.5. The molecule has 0 fully saturated rings. The van der Waals surface area contributed by atoms with E-state index in [4.69, 9.17) is 33.8 Å². The quantitative estimate of drug-likeness (QED) is 0.169. The largest absolute Gasteiger partial charge is 0.456 e. The molecular formula is C49H29N5O2. The first-order chi connectivity index (χ1) is 27.7. The van der Waals surface area contributed by atoms with Crippen LogP contribution in [-0.4, -0.2) is 24.9 Å². The van der Waals surface area contributed by atoms with Crippen molar-refractivity contribution in [2.24, 2.45) is 0 Å². The molecule has 0 aliphatic heterocycles. The van der Waals surface area contributed by atoms with Crippen LogP contribution in [0.3, 0.4) is 0 Å². The molecule has 0 amide bonds. The molecule has 11 aromatic rings. The molecule has 0 atom stereocenters. The summed E-state index contributed by atoms with van der Waals surface area (Å²) < 4.78 is 12.9. The van der Waals surface area contributed by atoms with Gasteiger partial charge in [0.15, 0.2) is 28.9 Å². The van der Waals surface area contributed by atoms with Crippen molar-refractivity contribution in [2.45, 2.75) is 0 Å². The van der Waals surface area contributed by atoms with Gasteiger partial charge in [-0.2, -0.15) is 0 Å². The number of hydrogen-bond donors (Lipinski definition) is 0. The molecular weight excluding hydrogens is 691 g/mol. The molecule has 11 rings (SSSR count). The maximum Gasteiger partial charge on any atom is 0.180 e.